The highest BCUT2D eigenvalue weighted by Crippen LogP contribution is 2.47. The van der Waals surface area contributed by atoms with Crippen molar-refractivity contribution in [3.63, 3.8) is 0 Å². The molecule has 3 N–H and O–H groups in total. The molecule has 1 aliphatic carbocycles. The highest BCUT2D eigenvalue weighted by Gasteiger charge is 2.48. The molecule has 3 rings (SSSR count). The number of nitrogens with one attached hydrogen (secondary N) is 1. The maximum Gasteiger partial charge on any atom is 0.170 e. The zero-order valence-electron chi connectivity index (χ0n) is 8.86. The lowest BCUT2D eigenvalue weighted by molar-refractivity contribution is 0.0906. The average molecular weight is 215 g/mol. The minimum absolute atomic E-state index is 0.173. The number of fused-ring (bicyclic) bond motifs is 1. The molecule has 1 aliphatic rings. The van der Waals surface area contributed by atoms with Crippen LogP contribution < -0.4 is 5.73 Å². The molecule has 2 aromatic rings. The van der Waals surface area contributed by atoms with Gasteiger partial charge in [0.2, 0.25) is 0 Å². The second-order valence-corrected chi connectivity index (χ2v) is 4.45. The minimum Gasteiger partial charge on any atom is -0.345 e. The number of Topliss-reactive ketones (excluding diaryl/α,β-unsaturated/α-hetero) is 1. The van der Waals surface area contributed by atoms with E-state index in [1.54, 1.807) is 6.33 Å². The Balaban J connectivity index is 2.02. The molecule has 0 amide bonds. The third-order valence-corrected chi connectivity index (χ3v) is 3.41. The Labute approximate surface area is 92.9 Å². The number of aromatic nitrogens is 2. The van der Waals surface area contributed by atoms with E-state index in [-0.39, 0.29) is 11.2 Å². The monoisotopic (exact) mass is 215 g/mol. The standard InChI is InChI=1S/C12H13N3O/c13-6-12(3-4-12)11(16)8-1-2-9-10(5-8)15-7-14-9/h1-2,5,7H,3-4,6,13H2,(H,14,15). The number of nitrogens with two attached hydrogens (primary N) is 1. The van der Waals surface area contributed by atoms with E-state index in [2.05, 4.69) is 9.97 Å². The molecule has 0 unspecified atom stereocenters. The predicted octanol–water partition coefficient (Wildman–Crippen LogP) is 1.48. The van der Waals surface area contributed by atoms with Gasteiger partial charge in [0.1, 0.15) is 0 Å². The van der Waals surface area contributed by atoms with Gasteiger partial charge in [-0.1, -0.05) is 0 Å². The summed E-state index contributed by atoms with van der Waals surface area (Å²) < 4.78 is 0. The van der Waals surface area contributed by atoms with Gasteiger partial charge < -0.3 is 10.7 Å². The Bertz CT molecular complexity index is 554. The lowest BCUT2D eigenvalue weighted by Crippen LogP contribution is -2.25. The molecule has 1 aromatic carbocycles. The van der Waals surface area contributed by atoms with E-state index in [0.29, 0.717) is 6.54 Å². The summed E-state index contributed by atoms with van der Waals surface area (Å²) in [5.74, 6) is 0.173. The first kappa shape index (κ1) is 9.54. The van der Waals surface area contributed by atoms with Gasteiger partial charge in [-0.05, 0) is 31.0 Å². The van der Waals surface area contributed by atoms with Crippen molar-refractivity contribution in [2.24, 2.45) is 11.1 Å². The van der Waals surface area contributed by atoms with Gasteiger partial charge in [-0.15, -0.1) is 0 Å². The maximum atomic E-state index is 12.2. The van der Waals surface area contributed by atoms with Crippen LogP contribution in [0.4, 0.5) is 0 Å². The molecule has 0 spiro atoms. The van der Waals surface area contributed by atoms with Crippen molar-refractivity contribution in [3.05, 3.63) is 30.1 Å². The van der Waals surface area contributed by atoms with Gasteiger partial charge in [-0.3, -0.25) is 4.79 Å². The third kappa shape index (κ3) is 1.27. The molecule has 0 aliphatic heterocycles. The number of nitrogens with zero attached hydrogens (tertiary/aromatic N) is 1. The first-order valence-corrected chi connectivity index (χ1v) is 5.43. The van der Waals surface area contributed by atoms with Crippen LogP contribution in [0.25, 0.3) is 11.0 Å². The van der Waals surface area contributed by atoms with Crippen LogP contribution in [0.2, 0.25) is 0 Å². The Hall–Kier alpha value is -1.68. The lowest BCUT2D eigenvalue weighted by Gasteiger charge is -2.10. The van der Waals surface area contributed by atoms with E-state index in [4.69, 9.17) is 5.73 Å². The number of aromatic amines is 1. The second-order valence-electron chi connectivity index (χ2n) is 4.45. The molecule has 1 heterocycles. The van der Waals surface area contributed by atoms with Gasteiger partial charge in [-0.2, -0.15) is 0 Å². The van der Waals surface area contributed by atoms with Crippen LogP contribution in [0.15, 0.2) is 24.5 Å². The van der Waals surface area contributed by atoms with Gasteiger partial charge in [0, 0.05) is 17.5 Å². The van der Waals surface area contributed by atoms with Crippen LogP contribution >= 0.6 is 0 Å². The van der Waals surface area contributed by atoms with Gasteiger partial charge in [-0.25, -0.2) is 4.98 Å². The molecular formula is C12H13N3O. The van der Waals surface area contributed by atoms with Crippen molar-refractivity contribution in [2.45, 2.75) is 12.8 Å². The second kappa shape index (κ2) is 3.15. The first-order chi connectivity index (χ1) is 7.75. The minimum atomic E-state index is -0.270. The average Bonchev–Trinajstić information content (AvgIpc) is 2.98. The Kier molecular flexibility index (Phi) is 1.88. The summed E-state index contributed by atoms with van der Waals surface area (Å²) in [6.45, 7) is 0.451. The van der Waals surface area contributed by atoms with E-state index in [1.807, 2.05) is 18.2 Å². The number of imidazole rings is 1. The van der Waals surface area contributed by atoms with E-state index in [9.17, 15) is 4.79 Å². The fraction of sp³-hybridized carbons (Fsp3) is 0.333. The summed E-state index contributed by atoms with van der Waals surface area (Å²) in [5.41, 5.74) is 7.91. The van der Waals surface area contributed by atoms with Crippen molar-refractivity contribution >= 4 is 16.8 Å². The molecule has 16 heavy (non-hydrogen) atoms. The summed E-state index contributed by atoms with van der Waals surface area (Å²) >= 11 is 0. The molecule has 4 heteroatoms. The van der Waals surface area contributed by atoms with Gasteiger partial charge in [0.25, 0.3) is 0 Å². The summed E-state index contributed by atoms with van der Waals surface area (Å²) in [4.78, 5) is 19.3. The van der Waals surface area contributed by atoms with Crippen LogP contribution in [0.3, 0.4) is 0 Å². The summed E-state index contributed by atoms with van der Waals surface area (Å²) in [6.07, 6.45) is 3.47. The molecule has 0 atom stereocenters. The van der Waals surface area contributed by atoms with Gasteiger partial charge in [0.15, 0.2) is 5.78 Å². The topological polar surface area (TPSA) is 71.8 Å². The number of H-pyrrole nitrogens is 1. The zero-order chi connectivity index (χ0) is 11.2. The van der Waals surface area contributed by atoms with Crippen molar-refractivity contribution in [3.8, 4) is 0 Å². The molecule has 82 valence electrons. The maximum absolute atomic E-state index is 12.2. The number of carbonyl (C=O) groups excluding carboxylic acids is 1. The molecule has 1 fully saturated rings. The number of rotatable bonds is 3. The Morgan fingerprint density at radius 2 is 2.31 bits per heavy atom. The number of hydrogen-bond acceptors (Lipinski definition) is 3. The largest absolute Gasteiger partial charge is 0.345 e. The number of benzene rings is 1. The Morgan fingerprint density at radius 1 is 1.50 bits per heavy atom. The van der Waals surface area contributed by atoms with Crippen LogP contribution in [0.5, 0.6) is 0 Å². The van der Waals surface area contributed by atoms with E-state index in [0.717, 1.165) is 29.4 Å². The first-order valence-electron chi connectivity index (χ1n) is 5.43. The Morgan fingerprint density at radius 3 is 3.00 bits per heavy atom. The van der Waals surface area contributed by atoms with Gasteiger partial charge >= 0.3 is 0 Å². The van der Waals surface area contributed by atoms with Crippen LogP contribution in [0, 0.1) is 5.41 Å². The molecule has 1 saturated carbocycles. The van der Waals surface area contributed by atoms with Crippen molar-refractivity contribution in [1.82, 2.24) is 9.97 Å². The summed E-state index contributed by atoms with van der Waals surface area (Å²) in [5, 5.41) is 0. The molecule has 0 bridgehead atoms. The zero-order valence-corrected chi connectivity index (χ0v) is 8.86. The quantitative estimate of drug-likeness (QED) is 0.762. The molecule has 0 radical (unpaired) electrons. The van der Waals surface area contributed by atoms with Gasteiger partial charge in [0.05, 0.1) is 17.4 Å². The SMILES string of the molecule is NCC1(C(=O)c2ccc3nc[nH]c3c2)CC1. The summed E-state index contributed by atoms with van der Waals surface area (Å²) in [6, 6.07) is 5.56. The predicted molar refractivity (Wildman–Crippen MR) is 61.1 cm³/mol. The van der Waals surface area contributed by atoms with E-state index >= 15 is 0 Å². The third-order valence-electron chi connectivity index (χ3n) is 3.41. The fourth-order valence-corrected chi connectivity index (χ4v) is 2.06. The van der Waals surface area contributed by atoms with Crippen LogP contribution in [-0.2, 0) is 0 Å². The smallest absolute Gasteiger partial charge is 0.170 e. The lowest BCUT2D eigenvalue weighted by atomic mass is 9.95. The van der Waals surface area contributed by atoms with Crippen LogP contribution in [0.1, 0.15) is 23.2 Å². The van der Waals surface area contributed by atoms with Crippen molar-refractivity contribution < 1.29 is 4.79 Å². The van der Waals surface area contributed by atoms with E-state index in [1.165, 1.54) is 0 Å². The highest BCUT2D eigenvalue weighted by molar-refractivity contribution is 6.04. The highest BCUT2D eigenvalue weighted by atomic mass is 16.1. The molecule has 0 saturated heterocycles. The number of ketones is 1. The normalized spacial score (nSPS) is 17.6. The molecule has 1 aromatic heterocycles. The number of carbonyl (C=O) groups is 1. The molecule has 4 nitrogen and oxygen atoms in total. The van der Waals surface area contributed by atoms with Crippen LogP contribution in [-0.4, -0.2) is 22.3 Å². The van der Waals surface area contributed by atoms with Crippen molar-refractivity contribution in [2.75, 3.05) is 6.54 Å². The fourth-order valence-electron chi connectivity index (χ4n) is 2.06. The summed E-state index contributed by atoms with van der Waals surface area (Å²) in [7, 11) is 0. The van der Waals surface area contributed by atoms with E-state index < -0.39 is 0 Å². The van der Waals surface area contributed by atoms with Crippen molar-refractivity contribution in [1.29, 1.82) is 0 Å². The number of hydrogen-bond donors (Lipinski definition) is 2. The molecular weight excluding hydrogens is 202 g/mol.